The van der Waals surface area contributed by atoms with Crippen LogP contribution in [0.25, 0.3) is 0 Å². The molecule has 1 amide bonds. The van der Waals surface area contributed by atoms with Crippen molar-refractivity contribution in [2.45, 2.75) is 19.6 Å². The first kappa shape index (κ1) is 24.9. The number of ether oxygens (including phenoxy) is 1. The summed E-state index contributed by atoms with van der Waals surface area (Å²) in [4.78, 5) is 24.7. The monoisotopic (exact) mass is 523 g/mol. The van der Waals surface area contributed by atoms with Crippen LogP contribution in [0, 0.1) is 0 Å². The third kappa shape index (κ3) is 5.89. The lowest BCUT2D eigenvalue weighted by Crippen LogP contribution is -2.50. The van der Waals surface area contributed by atoms with Crippen LogP contribution in [-0.2, 0) is 0 Å². The van der Waals surface area contributed by atoms with Crippen LogP contribution in [0.1, 0.15) is 16.6 Å². The van der Waals surface area contributed by atoms with Crippen molar-refractivity contribution in [3.05, 3.63) is 45.7 Å². The molecule has 0 saturated carbocycles. The van der Waals surface area contributed by atoms with Crippen LogP contribution in [0.5, 0.6) is 5.75 Å². The molecule has 13 heteroatoms. The van der Waals surface area contributed by atoms with E-state index in [1.165, 1.54) is 17.5 Å². The number of halogens is 3. The maximum Gasteiger partial charge on any atom is 0.387 e. The predicted molar refractivity (Wildman–Crippen MR) is 134 cm³/mol. The van der Waals surface area contributed by atoms with Crippen LogP contribution in [-0.4, -0.2) is 60.1 Å². The summed E-state index contributed by atoms with van der Waals surface area (Å²) in [6, 6.07) is 6.94. The van der Waals surface area contributed by atoms with Gasteiger partial charge >= 0.3 is 6.61 Å². The zero-order chi connectivity index (χ0) is 25.1. The molecule has 3 aromatic rings. The summed E-state index contributed by atoms with van der Waals surface area (Å²) in [6.45, 7) is 1.57. The minimum Gasteiger partial charge on any atom is -0.433 e. The molecule has 1 fully saturated rings. The van der Waals surface area contributed by atoms with Crippen molar-refractivity contribution in [1.82, 2.24) is 14.9 Å². The van der Waals surface area contributed by atoms with Gasteiger partial charge in [-0.25, -0.2) is 4.98 Å². The average Bonchev–Trinajstić information content (AvgIpc) is 3.25. The van der Waals surface area contributed by atoms with E-state index >= 15 is 0 Å². The summed E-state index contributed by atoms with van der Waals surface area (Å²) >= 11 is 7.40. The summed E-state index contributed by atoms with van der Waals surface area (Å²) < 4.78 is 31.2. The van der Waals surface area contributed by atoms with Crippen LogP contribution in [0.2, 0.25) is 5.02 Å². The number of aromatic nitrogens is 2. The second-order valence-corrected chi connectivity index (χ2v) is 9.35. The summed E-state index contributed by atoms with van der Waals surface area (Å²) in [5, 5.41) is 7.77. The Balaban J connectivity index is 1.60. The predicted octanol–water partition coefficient (Wildman–Crippen LogP) is 4.52. The van der Waals surface area contributed by atoms with E-state index in [2.05, 4.69) is 44.4 Å². The van der Waals surface area contributed by atoms with Gasteiger partial charge in [0.2, 0.25) is 5.95 Å². The fraction of sp³-hybridized carbons (Fsp3) is 0.318. The largest absolute Gasteiger partial charge is 0.433 e. The third-order valence-electron chi connectivity index (χ3n) is 5.48. The highest BCUT2D eigenvalue weighted by atomic mass is 35.5. The molecule has 9 nitrogen and oxygen atoms in total. The number of rotatable bonds is 8. The average molecular weight is 524 g/mol. The van der Waals surface area contributed by atoms with Gasteiger partial charge in [-0.1, -0.05) is 11.6 Å². The number of amides is 1. The van der Waals surface area contributed by atoms with E-state index in [1.54, 1.807) is 23.6 Å². The number of hydrogen-bond acceptors (Lipinski definition) is 9. The van der Waals surface area contributed by atoms with Gasteiger partial charge in [0.15, 0.2) is 11.6 Å². The van der Waals surface area contributed by atoms with Gasteiger partial charge in [0, 0.05) is 37.4 Å². The Bertz CT molecular complexity index is 1210. The van der Waals surface area contributed by atoms with Gasteiger partial charge in [-0.2, -0.15) is 13.8 Å². The third-order valence-corrected chi connectivity index (χ3v) is 6.68. The first-order chi connectivity index (χ1) is 16.7. The summed E-state index contributed by atoms with van der Waals surface area (Å²) in [5.74, 6) is -0.322. The molecule has 1 atom stereocenters. The van der Waals surface area contributed by atoms with Gasteiger partial charge in [-0.05, 0) is 37.6 Å². The number of anilines is 5. The molecule has 1 aliphatic heterocycles. The zero-order valence-corrected chi connectivity index (χ0v) is 20.5. The molecule has 4 N–H and O–H groups in total. The molecule has 1 aromatic carbocycles. The number of nitrogens with two attached hydrogens (primary N) is 1. The molecule has 1 saturated heterocycles. The van der Waals surface area contributed by atoms with Crippen molar-refractivity contribution < 1.29 is 18.3 Å². The minimum atomic E-state index is -3.01. The number of piperazine rings is 1. The Morgan fingerprint density at radius 3 is 2.80 bits per heavy atom. The van der Waals surface area contributed by atoms with Crippen molar-refractivity contribution in [1.29, 1.82) is 0 Å². The number of thiophene rings is 1. The molecule has 186 valence electrons. The smallest absolute Gasteiger partial charge is 0.387 e. The summed E-state index contributed by atoms with van der Waals surface area (Å²) in [6.07, 6.45) is 1.35. The molecular formula is C22H24ClF2N7O2S. The van der Waals surface area contributed by atoms with Crippen molar-refractivity contribution in [3.63, 3.8) is 0 Å². The van der Waals surface area contributed by atoms with Crippen LogP contribution < -0.4 is 26.0 Å². The van der Waals surface area contributed by atoms with Gasteiger partial charge in [0.05, 0.1) is 17.6 Å². The number of nitrogens with one attached hydrogen (secondary N) is 2. The highest BCUT2D eigenvalue weighted by molar-refractivity contribution is 7.12. The van der Waals surface area contributed by atoms with Crippen LogP contribution >= 0.6 is 22.9 Å². The van der Waals surface area contributed by atoms with E-state index in [0.717, 1.165) is 25.3 Å². The highest BCUT2D eigenvalue weighted by Crippen LogP contribution is 2.35. The van der Waals surface area contributed by atoms with Gasteiger partial charge in [-0.3, -0.25) is 4.79 Å². The number of alkyl halides is 2. The molecule has 0 aliphatic carbocycles. The van der Waals surface area contributed by atoms with Crippen LogP contribution in [0.3, 0.4) is 0 Å². The molecule has 0 bridgehead atoms. The van der Waals surface area contributed by atoms with E-state index in [4.69, 9.17) is 22.1 Å². The van der Waals surface area contributed by atoms with Crippen molar-refractivity contribution in [2.75, 3.05) is 42.2 Å². The SMILES string of the molecule is CC1CN(C)CCN1c1ccc(Nc2ncc(Cl)c(Nc3ccsc3C(N)=O)n2)c(OC(F)F)c1. The van der Waals surface area contributed by atoms with Crippen molar-refractivity contribution in [3.8, 4) is 5.75 Å². The number of nitrogens with zero attached hydrogens (tertiary/aromatic N) is 4. The molecule has 1 unspecified atom stereocenters. The summed E-state index contributed by atoms with van der Waals surface area (Å²) in [5.41, 5.74) is 6.88. The van der Waals surface area contributed by atoms with Crippen molar-refractivity contribution in [2.24, 2.45) is 5.73 Å². The Morgan fingerprint density at radius 1 is 1.29 bits per heavy atom. The molecule has 1 aliphatic rings. The second kappa shape index (κ2) is 10.6. The van der Waals surface area contributed by atoms with E-state index < -0.39 is 12.5 Å². The second-order valence-electron chi connectivity index (χ2n) is 8.03. The van der Waals surface area contributed by atoms with Gasteiger partial charge < -0.3 is 30.9 Å². The highest BCUT2D eigenvalue weighted by Gasteiger charge is 2.23. The van der Waals surface area contributed by atoms with E-state index in [9.17, 15) is 13.6 Å². The number of carbonyl (C=O) groups excluding carboxylic acids is 1. The van der Waals surface area contributed by atoms with Crippen molar-refractivity contribution >= 4 is 57.7 Å². The fourth-order valence-electron chi connectivity index (χ4n) is 3.87. The lowest BCUT2D eigenvalue weighted by atomic mass is 10.1. The lowest BCUT2D eigenvalue weighted by molar-refractivity contribution is -0.0493. The molecular weight excluding hydrogens is 500 g/mol. The van der Waals surface area contributed by atoms with Crippen LogP contribution in [0.4, 0.5) is 37.6 Å². The molecule has 2 aromatic heterocycles. The van der Waals surface area contributed by atoms with E-state index in [1.807, 2.05) is 6.07 Å². The normalized spacial score (nSPS) is 16.4. The molecule has 0 spiro atoms. The number of hydrogen-bond donors (Lipinski definition) is 3. The maximum atomic E-state index is 13.2. The first-order valence-electron chi connectivity index (χ1n) is 10.7. The van der Waals surface area contributed by atoms with Gasteiger partial charge in [-0.15, -0.1) is 11.3 Å². The zero-order valence-electron chi connectivity index (χ0n) is 19.0. The number of likely N-dealkylation sites (N-methyl/N-ethyl adjacent to an activating group) is 1. The molecule has 3 heterocycles. The first-order valence-corrected chi connectivity index (χ1v) is 11.9. The fourth-order valence-corrected chi connectivity index (χ4v) is 4.71. The Hall–Kier alpha value is -3.22. The maximum absolute atomic E-state index is 13.2. The topological polar surface area (TPSA) is 109 Å². The number of benzene rings is 1. The minimum absolute atomic E-state index is 0.0365. The Morgan fingerprint density at radius 2 is 2.09 bits per heavy atom. The van der Waals surface area contributed by atoms with E-state index in [0.29, 0.717) is 10.6 Å². The molecule has 35 heavy (non-hydrogen) atoms. The van der Waals surface area contributed by atoms with E-state index in [-0.39, 0.29) is 34.3 Å². The Labute approximate surface area is 209 Å². The number of carbonyl (C=O) groups is 1. The van der Waals surface area contributed by atoms with Gasteiger partial charge in [0.25, 0.3) is 5.91 Å². The molecule has 0 radical (unpaired) electrons. The summed E-state index contributed by atoms with van der Waals surface area (Å²) in [7, 11) is 2.05. The van der Waals surface area contributed by atoms with Crippen LogP contribution in [0.15, 0.2) is 35.8 Å². The molecule has 4 rings (SSSR count). The lowest BCUT2D eigenvalue weighted by Gasteiger charge is -2.40. The van der Waals surface area contributed by atoms with Gasteiger partial charge in [0.1, 0.15) is 9.90 Å². The number of primary amides is 1. The standard InChI is InChI=1S/C22H24ClF2N7O2S/c1-12-11-31(2)6-7-32(12)13-3-4-15(17(9-13)34-21(24)25)29-22-27-10-14(23)20(30-22)28-16-5-8-35-18(16)19(26)33/h3-5,8-10,12,21H,6-7,11H2,1-2H3,(H2,26,33)(H2,27,28,29,30). The quantitative estimate of drug-likeness (QED) is 0.395. The Kier molecular flexibility index (Phi) is 7.53.